The smallest absolute Gasteiger partial charge is 0.162 e. The van der Waals surface area contributed by atoms with Crippen LogP contribution in [0.1, 0.15) is 43.7 Å². The van der Waals surface area contributed by atoms with Crippen molar-refractivity contribution in [3.05, 3.63) is 86.8 Å². The number of aryl methyl sites for hydroxylation is 1. The molecule has 0 radical (unpaired) electrons. The van der Waals surface area contributed by atoms with Crippen molar-refractivity contribution in [2.24, 2.45) is 11.1 Å². The molecule has 0 fully saturated rings. The molecule has 4 rings (SSSR count). The molecule has 2 aliphatic rings. The van der Waals surface area contributed by atoms with Crippen LogP contribution in [0.25, 0.3) is 0 Å². The van der Waals surface area contributed by atoms with Gasteiger partial charge in [0.05, 0.1) is 17.6 Å². The topological polar surface area (TPSA) is 70.1 Å². The van der Waals surface area contributed by atoms with Crippen molar-refractivity contribution in [3.8, 4) is 6.07 Å². The van der Waals surface area contributed by atoms with Gasteiger partial charge in [-0.15, -0.1) is 0 Å². The Bertz CT molecular complexity index is 1120. The number of nitrogens with two attached hydrogens (primary N) is 1. The SMILES string of the molecule is Cc1ccc(N2C(N)=C(C#N)C(c3ccc(Br)cc3)C3=C2CC(C)(C)CC3=O)cc1. The van der Waals surface area contributed by atoms with E-state index < -0.39 is 5.92 Å². The minimum Gasteiger partial charge on any atom is -0.384 e. The van der Waals surface area contributed by atoms with Crippen molar-refractivity contribution in [1.82, 2.24) is 0 Å². The van der Waals surface area contributed by atoms with Crippen molar-refractivity contribution >= 4 is 27.4 Å². The lowest BCUT2D eigenvalue weighted by Crippen LogP contribution is -2.42. The number of benzene rings is 2. The summed E-state index contributed by atoms with van der Waals surface area (Å²) in [5.41, 5.74) is 11.4. The van der Waals surface area contributed by atoms with Crippen LogP contribution in [0.3, 0.4) is 0 Å². The van der Waals surface area contributed by atoms with Crippen LogP contribution < -0.4 is 10.6 Å². The molecule has 1 unspecified atom stereocenters. The van der Waals surface area contributed by atoms with Crippen molar-refractivity contribution < 1.29 is 4.79 Å². The standard InChI is InChI=1S/C25H24BrN3O/c1-15-4-10-18(11-5-15)29-20-12-25(2,3)13-21(30)23(20)22(19(14-27)24(29)28)16-6-8-17(26)9-7-16/h4-11,22H,12-13,28H2,1-3H3. The molecule has 0 bridgehead atoms. The number of carbonyl (C=O) groups excluding carboxylic acids is 1. The molecule has 1 atom stereocenters. The zero-order valence-electron chi connectivity index (χ0n) is 17.4. The Morgan fingerprint density at radius 2 is 1.73 bits per heavy atom. The van der Waals surface area contributed by atoms with Crippen molar-refractivity contribution in [2.45, 2.75) is 39.5 Å². The number of Topliss-reactive ketones (excluding diaryl/α,β-unsaturated/α-hetero) is 1. The van der Waals surface area contributed by atoms with Crippen molar-refractivity contribution in [2.75, 3.05) is 4.90 Å². The largest absolute Gasteiger partial charge is 0.384 e. The molecule has 152 valence electrons. The second kappa shape index (κ2) is 7.45. The van der Waals surface area contributed by atoms with Gasteiger partial charge < -0.3 is 5.73 Å². The lowest BCUT2D eigenvalue weighted by atomic mass is 9.68. The number of nitrogens with zero attached hydrogens (tertiary/aromatic N) is 2. The molecule has 1 heterocycles. The van der Waals surface area contributed by atoms with Gasteiger partial charge in [-0.25, -0.2) is 0 Å². The van der Waals surface area contributed by atoms with Crippen LogP contribution in [0.2, 0.25) is 0 Å². The van der Waals surface area contributed by atoms with E-state index in [-0.39, 0.29) is 11.2 Å². The second-order valence-electron chi connectivity index (χ2n) is 8.87. The van der Waals surface area contributed by atoms with Gasteiger partial charge in [-0.1, -0.05) is 59.6 Å². The maximum Gasteiger partial charge on any atom is 0.162 e. The summed E-state index contributed by atoms with van der Waals surface area (Å²) >= 11 is 3.47. The Labute approximate surface area is 185 Å². The Hall–Kier alpha value is -2.84. The number of rotatable bonds is 2. The molecule has 2 aromatic rings. The molecule has 5 heteroatoms. The second-order valence-corrected chi connectivity index (χ2v) is 9.78. The molecule has 0 aromatic heterocycles. The molecule has 1 aliphatic carbocycles. The van der Waals surface area contributed by atoms with Crippen LogP contribution in [0.15, 0.2) is 75.7 Å². The number of ketones is 1. The highest BCUT2D eigenvalue weighted by Gasteiger charge is 2.44. The summed E-state index contributed by atoms with van der Waals surface area (Å²) in [5.74, 6) is 0.0495. The molecular formula is C25H24BrN3O. The third kappa shape index (κ3) is 3.46. The monoisotopic (exact) mass is 461 g/mol. The fourth-order valence-corrected chi connectivity index (χ4v) is 4.75. The highest BCUT2D eigenvalue weighted by atomic mass is 79.9. The van der Waals surface area contributed by atoms with Crippen molar-refractivity contribution in [1.29, 1.82) is 5.26 Å². The van der Waals surface area contributed by atoms with E-state index in [0.717, 1.165) is 27.0 Å². The highest BCUT2D eigenvalue weighted by molar-refractivity contribution is 9.10. The summed E-state index contributed by atoms with van der Waals surface area (Å²) in [6.45, 7) is 6.24. The molecular weight excluding hydrogens is 438 g/mol. The van der Waals surface area contributed by atoms with Crippen LogP contribution in [0.5, 0.6) is 0 Å². The summed E-state index contributed by atoms with van der Waals surface area (Å²) in [4.78, 5) is 15.3. The number of carbonyl (C=O) groups is 1. The summed E-state index contributed by atoms with van der Waals surface area (Å²) in [7, 11) is 0. The van der Waals surface area contributed by atoms with Crippen LogP contribution >= 0.6 is 15.9 Å². The predicted octanol–water partition coefficient (Wildman–Crippen LogP) is 5.70. The van der Waals surface area contributed by atoms with E-state index in [9.17, 15) is 10.1 Å². The first-order valence-electron chi connectivity index (χ1n) is 10.00. The number of halogens is 1. The fourth-order valence-electron chi connectivity index (χ4n) is 4.49. The van der Waals surface area contributed by atoms with Gasteiger partial charge in [0.2, 0.25) is 0 Å². The summed E-state index contributed by atoms with van der Waals surface area (Å²) in [5, 5.41) is 10.1. The van der Waals surface area contributed by atoms with Gasteiger partial charge in [0, 0.05) is 27.9 Å². The normalized spacial score (nSPS) is 20.8. The first-order chi connectivity index (χ1) is 14.2. The number of anilines is 1. The van der Waals surface area contributed by atoms with Crippen LogP contribution in [-0.2, 0) is 4.79 Å². The number of hydrogen-bond acceptors (Lipinski definition) is 4. The first-order valence-corrected chi connectivity index (χ1v) is 10.8. The Kier molecular flexibility index (Phi) is 5.07. The Morgan fingerprint density at radius 3 is 2.33 bits per heavy atom. The van der Waals surface area contributed by atoms with Gasteiger partial charge in [-0.2, -0.15) is 5.26 Å². The van der Waals surface area contributed by atoms with E-state index in [1.54, 1.807) is 0 Å². The molecule has 2 aromatic carbocycles. The zero-order valence-corrected chi connectivity index (χ0v) is 19.0. The third-order valence-electron chi connectivity index (χ3n) is 5.88. The maximum atomic E-state index is 13.4. The molecule has 2 N–H and O–H groups in total. The van der Waals surface area contributed by atoms with Gasteiger partial charge in [-0.3, -0.25) is 9.69 Å². The van der Waals surface area contributed by atoms with Gasteiger partial charge in [0.1, 0.15) is 5.82 Å². The predicted molar refractivity (Wildman–Crippen MR) is 122 cm³/mol. The highest BCUT2D eigenvalue weighted by Crippen LogP contribution is 2.50. The summed E-state index contributed by atoms with van der Waals surface area (Å²) in [6, 6.07) is 18.1. The maximum absolute atomic E-state index is 13.4. The number of hydrogen-bond donors (Lipinski definition) is 1. The van der Waals surface area contributed by atoms with E-state index in [4.69, 9.17) is 5.73 Å². The quantitative estimate of drug-likeness (QED) is 0.622. The van der Waals surface area contributed by atoms with E-state index >= 15 is 0 Å². The van der Waals surface area contributed by atoms with Crippen LogP contribution in [0.4, 0.5) is 5.69 Å². The van der Waals surface area contributed by atoms with Crippen LogP contribution in [-0.4, -0.2) is 5.78 Å². The third-order valence-corrected chi connectivity index (χ3v) is 6.41. The van der Waals surface area contributed by atoms with Gasteiger partial charge >= 0.3 is 0 Å². The van der Waals surface area contributed by atoms with E-state index in [1.807, 2.05) is 60.4 Å². The molecule has 0 saturated heterocycles. The average molecular weight is 462 g/mol. The van der Waals surface area contributed by atoms with Gasteiger partial charge in [-0.05, 0) is 48.6 Å². The summed E-state index contributed by atoms with van der Waals surface area (Å²) < 4.78 is 0.948. The lowest BCUT2D eigenvalue weighted by Gasteiger charge is -2.43. The van der Waals surface area contributed by atoms with Gasteiger partial charge in [0.25, 0.3) is 0 Å². The molecule has 1 aliphatic heterocycles. The lowest BCUT2D eigenvalue weighted by molar-refractivity contribution is -0.118. The molecule has 30 heavy (non-hydrogen) atoms. The van der Waals surface area contributed by atoms with Crippen molar-refractivity contribution in [3.63, 3.8) is 0 Å². The molecule has 0 saturated carbocycles. The van der Waals surface area contributed by atoms with E-state index in [1.165, 1.54) is 0 Å². The minimum atomic E-state index is -0.441. The number of allylic oxidation sites excluding steroid dienone is 3. The number of nitriles is 1. The zero-order chi connectivity index (χ0) is 21.6. The van der Waals surface area contributed by atoms with E-state index in [0.29, 0.717) is 29.8 Å². The molecule has 4 nitrogen and oxygen atoms in total. The minimum absolute atomic E-state index is 0.0894. The fraction of sp³-hybridized carbons (Fsp3) is 0.280. The first kappa shape index (κ1) is 20.4. The Morgan fingerprint density at radius 1 is 1.10 bits per heavy atom. The Balaban J connectivity index is 1.98. The van der Waals surface area contributed by atoms with Gasteiger partial charge in [0.15, 0.2) is 5.78 Å². The van der Waals surface area contributed by atoms with E-state index in [2.05, 4.69) is 35.8 Å². The average Bonchev–Trinajstić information content (AvgIpc) is 2.68. The summed E-state index contributed by atoms with van der Waals surface area (Å²) in [6.07, 6.45) is 1.17. The molecule has 0 spiro atoms. The van der Waals surface area contributed by atoms with Crippen LogP contribution in [0, 0.1) is 23.7 Å². The molecule has 0 amide bonds.